The number of rotatable bonds is 6. The molecule has 0 aliphatic carbocycles. The summed E-state index contributed by atoms with van der Waals surface area (Å²) in [5, 5.41) is 0.625. The molecule has 1 atom stereocenters. The molecule has 160 valence electrons. The Morgan fingerprint density at radius 3 is 2.35 bits per heavy atom. The van der Waals surface area contributed by atoms with Gasteiger partial charge in [0.25, 0.3) is 5.91 Å². The van der Waals surface area contributed by atoms with Crippen molar-refractivity contribution in [1.29, 1.82) is 0 Å². The number of carbonyl (C=O) groups is 1. The lowest BCUT2D eigenvalue weighted by atomic mass is 9.87. The molecule has 0 fully saturated rings. The van der Waals surface area contributed by atoms with E-state index in [0.29, 0.717) is 28.8 Å². The number of fused-ring (bicyclic) bond motifs is 1. The monoisotopic (exact) mass is 437 g/mol. The van der Waals surface area contributed by atoms with Gasteiger partial charge in [-0.25, -0.2) is 0 Å². The van der Waals surface area contributed by atoms with E-state index in [9.17, 15) is 4.79 Å². The van der Waals surface area contributed by atoms with E-state index >= 15 is 0 Å². The summed E-state index contributed by atoms with van der Waals surface area (Å²) in [5.41, 5.74) is 3.22. The van der Waals surface area contributed by atoms with Gasteiger partial charge < -0.3 is 19.1 Å². The maximum atomic E-state index is 13.2. The standard InChI is InChI=1S/C25H24ClNO4/c1-29-22-14-18-12-13-27(24(28)16-31-20-10-8-19(26)9-11-20)25(17-6-4-3-5-7-17)21(18)15-23(22)30-2/h3-11,14-15,25H,12-13,16H2,1-2H3/t25-/m0/s1. The molecule has 3 aromatic rings. The van der Waals surface area contributed by atoms with Crippen LogP contribution in [0.25, 0.3) is 0 Å². The van der Waals surface area contributed by atoms with Crippen molar-refractivity contribution in [1.82, 2.24) is 4.90 Å². The topological polar surface area (TPSA) is 48.0 Å². The average molecular weight is 438 g/mol. The molecular formula is C25H24ClNO4. The minimum atomic E-state index is -0.230. The summed E-state index contributed by atoms with van der Waals surface area (Å²) in [6, 6.07) is 20.8. The van der Waals surface area contributed by atoms with Crippen molar-refractivity contribution < 1.29 is 19.0 Å². The number of benzene rings is 3. The van der Waals surface area contributed by atoms with Gasteiger partial charge in [0.05, 0.1) is 20.3 Å². The van der Waals surface area contributed by atoms with Gasteiger partial charge in [0.2, 0.25) is 0 Å². The van der Waals surface area contributed by atoms with Gasteiger partial charge in [0, 0.05) is 11.6 Å². The van der Waals surface area contributed by atoms with Crippen LogP contribution in [-0.2, 0) is 11.2 Å². The third-order valence-corrected chi connectivity index (χ3v) is 5.74. The van der Waals surface area contributed by atoms with Crippen LogP contribution in [0.2, 0.25) is 5.02 Å². The molecule has 4 rings (SSSR count). The van der Waals surface area contributed by atoms with Crippen molar-refractivity contribution in [2.45, 2.75) is 12.5 Å². The van der Waals surface area contributed by atoms with Crippen molar-refractivity contribution in [2.24, 2.45) is 0 Å². The molecule has 0 saturated heterocycles. The number of hydrogen-bond donors (Lipinski definition) is 0. The number of methoxy groups -OCH3 is 2. The molecule has 0 aromatic heterocycles. The normalized spacial score (nSPS) is 15.2. The highest BCUT2D eigenvalue weighted by Gasteiger charge is 2.33. The van der Waals surface area contributed by atoms with Crippen LogP contribution in [0.4, 0.5) is 0 Å². The fraction of sp³-hybridized carbons (Fsp3) is 0.240. The molecular weight excluding hydrogens is 414 g/mol. The van der Waals surface area contributed by atoms with Crippen LogP contribution in [0.5, 0.6) is 17.2 Å². The molecule has 0 saturated carbocycles. The van der Waals surface area contributed by atoms with Crippen LogP contribution in [0.3, 0.4) is 0 Å². The maximum absolute atomic E-state index is 13.2. The van der Waals surface area contributed by atoms with Crippen molar-refractivity contribution in [2.75, 3.05) is 27.4 Å². The third kappa shape index (κ3) is 4.47. The number of carbonyl (C=O) groups excluding carboxylic acids is 1. The third-order valence-electron chi connectivity index (χ3n) is 5.49. The van der Waals surface area contributed by atoms with Gasteiger partial charge in [-0.05, 0) is 59.5 Å². The molecule has 5 nitrogen and oxygen atoms in total. The lowest BCUT2D eigenvalue weighted by Gasteiger charge is -2.38. The molecule has 0 spiro atoms. The van der Waals surface area contributed by atoms with Gasteiger partial charge >= 0.3 is 0 Å². The Balaban J connectivity index is 1.66. The summed E-state index contributed by atoms with van der Waals surface area (Å²) < 4.78 is 16.7. The Morgan fingerprint density at radius 2 is 1.68 bits per heavy atom. The molecule has 1 heterocycles. The molecule has 1 amide bonds. The molecule has 3 aromatic carbocycles. The molecule has 6 heteroatoms. The smallest absolute Gasteiger partial charge is 0.261 e. The fourth-order valence-electron chi connectivity index (χ4n) is 3.97. The second kappa shape index (κ2) is 9.31. The molecule has 1 aliphatic rings. The fourth-order valence-corrected chi connectivity index (χ4v) is 4.09. The van der Waals surface area contributed by atoms with Crippen molar-refractivity contribution >= 4 is 17.5 Å². The largest absolute Gasteiger partial charge is 0.493 e. The minimum absolute atomic E-state index is 0.0480. The Kier molecular flexibility index (Phi) is 6.33. The van der Waals surface area contributed by atoms with E-state index in [2.05, 4.69) is 0 Å². The molecule has 0 bridgehead atoms. The van der Waals surface area contributed by atoms with Crippen LogP contribution in [0, 0.1) is 0 Å². The van der Waals surface area contributed by atoms with E-state index in [1.165, 1.54) is 0 Å². The summed E-state index contributed by atoms with van der Waals surface area (Å²) in [6.45, 7) is 0.540. The Labute approximate surface area is 187 Å². The van der Waals surface area contributed by atoms with Gasteiger partial charge in [-0.2, -0.15) is 0 Å². The summed E-state index contributed by atoms with van der Waals surface area (Å²) in [6.07, 6.45) is 0.728. The number of ether oxygens (including phenoxy) is 3. The lowest BCUT2D eigenvalue weighted by molar-refractivity contribution is -0.135. The molecule has 0 radical (unpaired) electrons. The highest BCUT2D eigenvalue weighted by atomic mass is 35.5. The zero-order valence-electron chi connectivity index (χ0n) is 17.5. The summed E-state index contributed by atoms with van der Waals surface area (Å²) >= 11 is 5.93. The lowest BCUT2D eigenvalue weighted by Crippen LogP contribution is -2.43. The second-order valence-electron chi connectivity index (χ2n) is 7.30. The van der Waals surface area contributed by atoms with Gasteiger partial charge in [-0.1, -0.05) is 41.9 Å². The first-order valence-electron chi connectivity index (χ1n) is 10.1. The van der Waals surface area contributed by atoms with Crippen LogP contribution in [0.15, 0.2) is 66.7 Å². The number of nitrogens with zero attached hydrogens (tertiary/aromatic N) is 1. The van der Waals surface area contributed by atoms with E-state index in [-0.39, 0.29) is 18.6 Å². The summed E-state index contributed by atoms with van der Waals surface area (Å²) in [7, 11) is 3.25. The average Bonchev–Trinajstić information content (AvgIpc) is 2.82. The van der Waals surface area contributed by atoms with E-state index in [1.54, 1.807) is 38.5 Å². The summed E-state index contributed by atoms with van der Waals surface area (Å²) in [4.78, 5) is 15.1. The van der Waals surface area contributed by atoms with Crippen molar-refractivity contribution in [3.8, 4) is 17.2 Å². The van der Waals surface area contributed by atoms with Gasteiger partial charge in [0.15, 0.2) is 18.1 Å². The van der Waals surface area contributed by atoms with E-state index in [4.69, 9.17) is 25.8 Å². The van der Waals surface area contributed by atoms with E-state index in [1.807, 2.05) is 47.4 Å². The molecule has 31 heavy (non-hydrogen) atoms. The van der Waals surface area contributed by atoms with Crippen molar-refractivity contribution in [3.63, 3.8) is 0 Å². The Morgan fingerprint density at radius 1 is 1.00 bits per heavy atom. The second-order valence-corrected chi connectivity index (χ2v) is 7.74. The minimum Gasteiger partial charge on any atom is -0.493 e. The predicted octanol–water partition coefficient (Wildman–Crippen LogP) is 4.91. The first-order chi connectivity index (χ1) is 15.1. The van der Waals surface area contributed by atoms with E-state index in [0.717, 1.165) is 23.1 Å². The Bertz CT molecular complexity index is 1050. The first-order valence-corrected chi connectivity index (χ1v) is 10.5. The van der Waals surface area contributed by atoms with Gasteiger partial charge in [0.1, 0.15) is 5.75 Å². The van der Waals surface area contributed by atoms with Crippen LogP contribution in [0.1, 0.15) is 22.7 Å². The van der Waals surface area contributed by atoms with Gasteiger partial charge in [-0.3, -0.25) is 4.79 Å². The maximum Gasteiger partial charge on any atom is 0.261 e. The first kappa shape index (κ1) is 21.1. The Hall–Kier alpha value is -3.18. The highest BCUT2D eigenvalue weighted by molar-refractivity contribution is 6.30. The van der Waals surface area contributed by atoms with Crippen LogP contribution < -0.4 is 14.2 Å². The molecule has 0 N–H and O–H groups in total. The van der Waals surface area contributed by atoms with Gasteiger partial charge in [-0.15, -0.1) is 0 Å². The zero-order chi connectivity index (χ0) is 21.8. The number of halogens is 1. The number of amides is 1. The number of hydrogen-bond acceptors (Lipinski definition) is 4. The predicted molar refractivity (Wildman–Crippen MR) is 120 cm³/mol. The van der Waals surface area contributed by atoms with E-state index < -0.39 is 0 Å². The zero-order valence-corrected chi connectivity index (χ0v) is 18.3. The summed E-state index contributed by atoms with van der Waals surface area (Å²) in [5.74, 6) is 1.87. The molecule has 1 aliphatic heterocycles. The van der Waals surface area contributed by atoms with Crippen LogP contribution >= 0.6 is 11.6 Å². The van der Waals surface area contributed by atoms with Crippen LogP contribution in [-0.4, -0.2) is 38.2 Å². The quantitative estimate of drug-likeness (QED) is 0.549. The highest BCUT2D eigenvalue weighted by Crippen LogP contribution is 2.41. The molecule has 0 unspecified atom stereocenters. The SMILES string of the molecule is COc1cc2c(cc1OC)[C@H](c1ccccc1)N(C(=O)COc1ccc(Cl)cc1)CC2. The van der Waals surface area contributed by atoms with Crippen molar-refractivity contribution in [3.05, 3.63) is 88.4 Å².